The number of likely N-dealkylation sites (N-methyl/N-ethyl adjacent to an activating group) is 1. The molecule has 1 aliphatic rings. The molecule has 0 spiro atoms. The van der Waals surface area contributed by atoms with Crippen molar-refractivity contribution < 1.29 is 9.53 Å². The smallest absolute Gasteiger partial charge is 0.237 e. The summed E-state index contributed by atoms with van der Waals surface area (Å²) in [4.78, 5) is 13.9. The van der Waals surface area contributed by atoms with Gasteiger partial charge >= 0.3 is 0 Å². The number of carbonyl (C=O) groups excluding carboxylic acids is 1. The van der Waals surface area contributed by atoms with E-state index in [1.54, 1.807) is 0 Å². The van der Waals surface area contributed by atoms with Crippen LogP contribution in [0.15, 0.2) is 0 Å². The van der Waals surface area contributed by atoms with Crippen molar-refractivity contribution in [3.05, 3.63) is 0 Å². The average molecular weight is 243 g/mol. The van der Waals surface area contributed by atoms with Crippen molar-refractivity contribution in [2.45, 2.75) is 32.2 Å². The molecule has 1 rings (SSSR count). The topological polar surface area (TPSA) is 67.6 Å². The molecule has 1 aliphatic heterocycles. The maximum absolute atomic E-state index is 11.6. The standard InChI is InChI=1S/C12H25N3O2/c1-3-15(4-2)8-7-14-12(11(13)16)5-9-17-10-6-12/h14H,3-10H2,1-2H3,(H2,13,16). The molecule has 0 aromatic heterocycles. The highest BCUT2D eigenvalue weighted by Crippen LogP contribution is 2.19. The molecule has 0 radical (unpaired) electrons. The summed E-state index contributed by atoms with van der Waals surface area (Å²) >= 11 is 0. The predicted octanol–water partition coefficient (Wildman–Crippen LogP) is -0.0477. The first-order chi connectivity index (χ1) is 8.14. The lowest BCUT2D eigenvalue weighted by molar-refractivity contribution is -0.128. The van der Waals surface area contributed by atoms with Crippen LogP contribution in [0.5, 0.6) is 0 Å². The maximum atomic E-state index is 11.6. The lowest BCUT2D eigenvalue weighted by Gasteiger charge is -2.35. The van der Waals surface area contributed by atoms with E-state index in [4.69, 9.17) is 10.5 Å². The van der Waals surface area contributed by atoms with Gasteiger partial charge in [-0.1, -0.05) is 13.8 Å². The lowest BCUT2D eigenvalue weighted by Crippen LogP contribution is -2.59. The number of rotatable bonds is 7. The second-order valence-electron chi connectivity index (χ2n) is 4.51. The third-order valence-electron chi connectivity index (χ3n) is 3.60. The molecule has 0 atom stereocenters. The number of nitrogens with zero attached hydrogens (tertiary/aromatic N) is 1. The molecular formula is C12H25N3O2. The van der Waals surface area contributed by atoms with Crippen molar-refractivity contribution in [2.75, 3.05) is 39.4 Å². The Morgan fingerprint density at radius 2 is 1.94 bits per heavy atom. The summed E-state index contributed by atoms with van der Waals surface area (Å²) in [6.07, 6.45) is 1.36. The van der Waals surface area contributed by atoms with Gasteiger partial charge in [0.05, 0.1) is 0 Å². The van der Waals surface area contributed by atoms with Gasteiger partial charge in [-0.3, -0.25) is 4.79 Å². The Morgan fingerprint density at radius 1 is 1.35 bits per heavy atom. The molecule has 0 bridgehead atoms. The van der Waals surface area contributed by atoms with E-state index >= 15 is 0 Å². The minimum absolute atomic E-state index is 0.250. The van der Waals surface area contributed by atoms with Crippen LogP contribution in [0.4, 0.5) is 0 Å². The molecule has 0 saturated carbocycles. The average Bonchev–Trinajstić information content (AvgIpc) is 2.35. The van der Waals surface area contributed by atoms with Crippen molar-refractivity contribution in [1.82, 2.24) is 10.2 Å². The Hall–Kier alpha value is -0.650. The van der Waals surface area contributed by atoms with Gasteiger partial charge < -0.3 is 20.7 Å². The monoisotopic (exact) mass is 243 g/mol. The summed E-state index contributed by atoms with van der Waals surface area (Å²) in [6.45, 7) is 9.31. The van der Waals surface area contributed by atoms with E-state index in [1.807, 2.05) is 0 Å². The van der Waals surface area contributed by atoms with Crippen LogP contribution in [-0.2, 0) is 9.53 Å². The normalized spacial score (nSPS) is 19.5. The van der Waals surface area contributed by atoms with Crippen LogP contribution in [0.25, 0.3) is 0 Å². The highest BCUT2D eigenvalue weighted by atomic mass is 16.5. The molecule has 0 unspecified atom stereocenters. The van der Waals surface area contributed by atoms with E-state index in [0.29, 0.717) is 26.1 Å². The van der Waals surface area contributed by atoms with Crippen LogP contribution >= 0.6 is 0 Å². The van der Waals surface area contributed by atoms with Gasteiger partial charge in [-0.25, -0.2) is 0 Å². The minimum atomic E-state index is -0.550. The van der Waals surface area contributed by atoms with Crippen molar-refractivity contribution in [3.8, 4) is 0 Å². The molecule has 1 saturated heterocycles. The SMILES string of the molecule is CCN(CC)CCNC1(C(N)=O)CCOCC1. The zero-order chi connectivity index (χ0) is 12.7. The number of hydrogen-bond acceptors (Lipinski definition) is 4. The van der Waals surface area contributed by atoms with Gasteiger partial charge in [-0.05, 0) is 25.9 Å². The first-order valence-corrected chi connectivity index (χ1v) is 6.49. The first-order valence-electron chi connectivity index (χ1n) is 6.49. The predicted molar refractivity (Wildman–Crippen MR) is 67.8 cm³/mol. The fourth-order valence-corrected chi connectivity index (χ4v) is 2.22. The van der Waals surface area contributed by atoms with Gasteiger partial charge in [0.1, 0.15) is 5.54 Å². The Morgan fingerprint density at radius 3 is 2.41 bits per heavy atom. The van der Waals surface area contributed by atoms with Gasteiger partial charge in [0.25, 0.3) is 0 Å². The Kier molecular flexibility index (Phi) is 5.88. The van der Waals surface area contributed by atoms with Crippen LogP contribution in [0.1, 0.15) is 26.7 Å². The van der Waals surface area contributed by atoms with Gasteiger partial charge in [0.15, 0.2) is 0 Å². The third kappa shape index (κ3) is 3.94. The quantitative estimate of drug-likeness (QED) is 0.658. The second kappa shape index (κ2) is 6.93. The highest BCUT2D eigenvalue weighted by Gasteiger charge is 2.37. The molecule has 1 heterocycles. The summed E-state index contributed by atoms with van der Waals surface area (Å²) in [5, 5.41) is 3.34. The van der Waals surface area contributed by atoms with E-state index in [9.17, 15) is 4.79 Å². The van der Waals surface area contributed by atoms with Crippen molar-refractivity contribution in [3.63, 3.8) is 0 Å². The molecular weight excluding hydrogens is 218 g/mol. The summed E-state index contributed by atoms with van der Waals surface area (Å²) in [5.41, 5.74) is 4.96. The van der Waals surface area contributed by atoms with Crippen LogP contribution in [0, 0.1) is 0 Å². The van der Waals surface area contributed by atoms with E-state index in [1.165, 1.54) is 0 Å². The Bertz CT molecular complexity index is 236. The molecule has 100 valence electrons. The number of amides is 1. The van der Waals surface area contributed by atoms with E-state index in [0.717, 1.165) is 26.2 Å². The number of nitrogens with one attached hydrogen (secondary N) is 1. The molecule has 17 heavy (non-hydrogen) atoms. The van der Waals surface area contributed by atoms with E-state index < -0.39 is 5.54 Å². The zero-order valence-electron chi connectivity index (χ0n) is 11.0. The van der Waals surface area contributed by atoms with Crippen molar-refractivity contribution in [1.29, 1.82) is 0 Å². The summed E-state index contributed by atoms with van der Waals surface area (Å²) < 4.78 is 5.29. The summed E-state index contributed by atoms with van der Waals surface area (Å²) in [6, 6.07) is 0. The van der Waals surface area contributed by atoms with Crippen molar-refractivity contribution in [2.24, 2.45) is 5.73 Å². The zero-order valence-corrected chi connectivity index (χ0v) is 11.0. The maximum Gasteiger partial charge on any atom is 0.237 e. The highest BCUT2D eigenvalue weighted by molar-refractivity contribution is 5.84. The number of carbonyl (C=O) groups is 1. The van der Waals surface area contributed by atoms with Gasteiger partial charge in [-0.2, -0.15) is 0 Å². The molecule has 1 amide bonds. The molecule has 0 aliphatic carbocycles. The van der Waals surface area contributed by atoms with Crippen LogP contribution < -0.4 is 11.1 Å². The third-order valence-corrected chi connectivity index (χ3v) is 3.60. The fourth-order valence-electron chi connectivity index (χ4n) is 2.22. The largest absolute Gasteiger partial charge is 0.381 e. The van der Waals surface area contributed by atoms with Gasteiger partial charge in [0, 0.05) is 26.3 Å². The van der Waals surface area contributed by atoms with Crippen LogP contribution in [-0.4, -0.2) is 55.7 Å². The first kappa shape index (κ1) is 14.4. The molecule has 0 aromatic rings. The second-order valence-corrected chi connectivity index (χ2v) is 4.51. The van der Waals surface area contributed by atoms with Gasteiger partial charge in [0.2, 0.25) is 5.91 Å². The fraction of sp³-hybridized carbons (Fsp3) is 0.917. The van der Waals surface area contributed by atoms with E-state index in [2.05, 4.69) is 24.1 Å². The number of primary amides is 1. The molecule has 5 nitrogen and oxygen atoms in total. The molecule has 1 fully saturated rings. The van der Waals surface area contributed by atoms with E-state index in [-0.39, 0.29) is 5.91 Å². The number of nitrogens with two attached hydrogens (primary N) is 1. The Labute approximate surface area is 104 Å². The van der Waals surface area contributed by atoms with Gasteiger partial charge in [-0.15, -0.1) is 0 Å². The van der Waals surface area contributed by atoms with Crippen LogP contribution in [0.2, 0.25) is 0 Å². The Balaban J connectivity index is 2.42. The molecule has 0 aromatic carbocycles. The molecule has 3 N–H and O–H groups in total. The van der Waals surface area contributed by atoms with Crippen molar-refractivity contribution >= 4 is 5.91 Å². The summed E-state index contributed by atoms with van der Waals surface area (Å²) in [7, 11) is 0. The lowest BCUT2D eigenvalue weighted by atomic mass is 9.89. The number of hydrogen-bond donors (Lipinski definition) is 2. The van der Waals surface area contributed by atoms with Crippen LogP contribution in [0.3, 0.4) is 0 Å². The minimum Gasteiger partial charge on any atom is -0.381 e. The summed E-state index contributed by atoms with van der Waals surface area (Å²) in [5.74, 6) is -0.250. The molecule has 5 heteroatoms. The number of ether oxygens (including phenoxy) is 1.